The quantitative estimate of drug-likeness (QED) is 0.607. The van der Waals surface area contributed by atoms with E-state index >= 15 is 0 Å². The fourth-order valence-corrected chi connectivity index (χ4v) is 2.94. The summed E-state index contributed by atoms with van der Waals surface area (Å²) in [6, 6.07) is 2.34. The molecule has 8 heteroatoms. The fourth-order valence-electron chi connectivity index (χ4n) is 2.94. The largest absolute Gasteiger partial charge is 0.504 e. The summed E-state index contributed by atoms with van der Waals surface area (Å²) in [5, 5.41) is 23.5. The van der Waals surface area contributed by atoms with Crippen molar-refractivity contribution in [1.29, 1.82) is 0 Å². The molecule has 1 aliphatic heterocycles. The van der Waals surface area contributed by atoms with Gasteiger partial charge in [0.05, 0.1) is 23.7 Å². The first-order valence-electron chi connectivity index (χ1n) is 7.55. The minimum Gasteiger partial charge on any atom is -0.504 e. The fraction of sp³-hybridized carbons (Fsp3) is 0.533. The normalized spacial score (nSPS) is 17.9. The van der Waals surface area contributed by atoms with E-state index in [0.29, 0.717) is 6.54 Å². The van der Waals surface area contributed by atoms with Crippen LogP contribution in [0.15, 0.2) is 12.1 Å². The Morgan fingerprint density at radius 3 is 2.91 bits per heavy atom. The van der Waals surface area contributed by atoms with Gasteiger partial charge in [0.25, 0.3) is 11.6 Å². The molecule has 0 aliphatic carbocycles. The number of nitrogens with one attached hydrogen (secondary N) is 1. The summed E-state index contributed by atoms with van der Waals surface area (Å²) in [5.41, 5.74) is -0.398. The number of carbonyl (C=O) groups excluding carboxylic acids is 1. The van der Waals surface area contributed by atoms with Crippen molar-refractivity contribution < 1.29 is 19.6 Å². The number of non-ortho nitro benzene ring substituents is 1. The number of rotatable bonds is 6. The molecule has 1 aromatic rings. The lowest BCUT2D eigenvalue weighted by atomic mass is 10.1. The van der Waals surface area contributed by atoms with E-state index < -0.39 is 16.6 Å². The number of nitrogens with zero attached hydrogens (tertiary/aromatic N) is 2. The van der Waals surface area contributed by atoms with Crippen LogP contribution in [0.2, 0.25) is 0 Å². The van der Waals surface area contributed by atoms with Crippen molar-refractivity contribution in [1.82, 2.24) is 10.2 Å². The Labute approximate surface area is 134 Å². The van der Waals surface area contributed by atoms with Crippen LogP contribution >= 0.6 is 0 Å². The third kappa shape index (κ3) is 3.70. The Balaban J connectivity index is 2.16. The topological polar surface area (TPSA) is 105 Å². The molecule has 2 N–H and O–H groups in total. The molecular weight excluding hydrogens is 302 g/mol. The molecule has 23 heavy (non-hydrogen) atoms. The zero-order valence-corrected chi connectivity index (χ0v) is 13.2. The van der Waals surface area contributed by atoms with E-state index in [4.69, 9.17) is 4.74 Å². The molecule has 8 nitrogen and oxygen atoms in total. The average Bonchev–Trinajstić information content (AvgIpc) is 2.99. The van der Waals surface area contributed by atoms with Crippen LogP contribution in [0.1, 0.15) is 30.1 Å². The van der Waals surface area contributed by atoms with Crippen LogP contribution in [-0.2, 0) is 0 Å². The molecule has 0 saturated carbocycles. The summed E-state index contributed by atoms with van der Waals surface area (Å²) in [5.74, 6) is -0.987. The highest BCUT2D eigenvalue weighted by molar-refractivity contribution is 5.98. The van der Waals surface area contributed by atoms with E-state index in [0.717, 1.165) is 38.1 Å². The summed E-state index contributed by atoms with van der Waals surface area (Å²) < 4.78 is 5.00. The van der Waals surface area contributed by atoms with Gasteiger partial charge in [0.15, 0.2) is 11.5 Å². The number of nitro benzene ring substituents is 1. The number of nitro groups is 1. The summed E-state index contributed by atoms with van der Waals surface area (Å²) in [6.45, 7) is 4.46. The molecule has 1 aliphatic rings. The molecular formula is C15H21N3O5. The third-order valence-electron chi connectivity index (χ3n) is 4.12. The third-order valence-corrected chi connectivity index (χ3v) is 4.12. The number of benzene rings is 1. The number of hydrogen-bond acceptors (Lipinski definition) is 6. The molecule has 0 bridgehead atoms. The number of likely N-dealkylation sites (tertiary alicyclic amines) is 1. The number of methoxy groups -OCH3 is 1. The van der Waals surface area contributed by atoms with E-state index in [2.05, 4.69) is 17.1 Å². The van der Waals surface area contributed by atoms with E-state index in [9.17, 15) is 20.0 Å². The highest BCUT2D eigenvalue weighted by Gasteiger charge is 2.25. The van der Waals surface area contributed by atoms with Gasteiger partial charge in [-0.2, -0.15) is 0 Å². The first-order chi connectivity index (χ1) is 11.0. The number of ether oxygens (including phenoxy) is 1. The monoisotopic (exact) mass is 323 g/mol. The van der Waals surface area contributed by atoms with Crippen LogP contribution in [-0.4, -0.2) is 53.6 Å². The maximum Gasteiger partial charge on any atom is 0.274 e. The van der Waals surface area contributed by atoms with Gasteiger partial charge in [-0.15, -0.1) is 0 Å². The smallest absolute Gasteiger partial charge is 0.274 e. The molecule has 1 fully saturated rings. The molecule has 2 rings (SSSR count). The SMILES string of the molecule is CCN1CCC[C@H]1CNC(=O)c1cc([N+](=O)[O-])cc(O)c1OC. The number of aromatic hydroxyl groups is 1. The highest BCUT2D eigenvalue weighted by Crippen LogP contribution is 2.34. The van der Waals surface area contributed by atoms with E-state index in [1.807, 2.05) is 0 Å². The Kier molecular flexibility index (Phi) is 5.38. The average molecular weight is 323 g/mol. The van der Waals surface area contributed by atoms with Gasteiger partial charge in [-0.25, -0.2) is 0 Å². The second-order valence-corrected chi connectivity index (χ2v) is 5.44. The Morgan fingerprint density at radius 1 is 1.57 bits per heavy atom. The van der Waals surface area contributed by atoms with Crippen molar-refractivity contribution in [3.05, 3.63) is 27.8 Å². The predicted octanol–water partition coefficient (Wildman–Crippen LogP) is 1.52. The second-order valence-electron chi connectivity index (χ2n) is 5.44. The van der Waals surface area contributed by atoms with Crippen LogP contribution in [0.4, 0.5) is 5.69 Å². The Morgan fingerprint density at radius 2 is 2.30 bits per heavy atom. The van der Waals surface area contributed by atoms with Crippen LogP contribution in [0.5, 0.6) is 11.5 Å². The lowest BCUT2D eigenvalue weighted by Gasteiger charge is -2.23. The van der Waals surface area contributed by atoms with Crippen LogP contribution < -0.4 is 10.1 Å². The maximum absolute atomic E-state index is 12.4. The van der Waals surface area contributed by atoms with Gasteiger partial charge in [0, 0.05) is 18.7 Å². The summed E-state index contributed by atoms with van der Waals surface area (Å²) in [4.78, 5) is 24.9. The molecule has 0 radical (unpaired) electrons. The number of amides is 1. The van der Waals surface area contributed by atoms with Crippen molar-refractivity contribution >= 4 is 11.6 Å². The Hall–Kier alpha value is -2.35. The first-order valence-corrected chi connectivity index (χ1v) is 7.55. The standard InChI is InChI=1S/C15H21N3O5/c1-3-17-6-4-5-10(17)9-16-15(20)12-7-11(18(21)22)8-13(19)14(12)23-2/h7-8,10,19H,3-6,9H2,1-2H3,(H,16,20)/t10-/m0/s1. The molecule has 1 amide bonds. The van der Waals surface area contributed by atoms with Gasteiger partial charge < -0.3 is 15.2 Å². The zero-order valence-electron chi connectivity index (χ0n) is 13.2. The van der Waals surface area contributed by atoms with Crippen molar-refractivity contribution in [3.63, 3.8) is 0 Å². The number of carbonyl (C=O) groups is 1. The van der Waals surface area contributed by atoms with Gasteiger partial charge in [0.1, 0.15) is 0 Å². The number of likely N-dealkylation sites (N-methyl/N-ethyl adjacent to an activating group) is 1. The van der Waals surface area contributed by atoms with Crippen LogP contribution in [0, 0.1) is 10.1 Å². The molecule has 0 aromatic heterocycles. The Bertz CT molecular complexity index is 605. The maximum atomic E-state index is 12.4. The number of phenolic OH excluding ortho intramolecular Hbond substituents is 1. The number of phenols is 1. The van der Waals surface area contributed by atoms with Gasteiger partial charge in [-0.3, -0.25) is 19.8 Å². The minimum absolute atomic E-state index is 0.0414. The zero-order chi connectivity index (χ0) is 17.0. The molecule has 1 aromatic carbocycles. The van der Waals surface area contributed by atoms with Crippen molar-refractivity contribution in [2.75, 3.05) is 26.7 Å². The van der Waals surface area contributed by atoms with Gasteiger partial charge >= 0.3 is 0 Å². The lowest BCUT2D eigenvalue weighted by Crippen LogP contribution is -2.40. The molecule has 0 unspecified atom stereocenters. The van der Waals surface area contributed by atoms with Crippen LogP contribution in [0.3, 0.4) is 0 Å². The summed E-state index contributed by atoms with van der Waals surface area (Å²) >= 11 is 0. The molecule has 0 spiro atoms. The van der Waals surface area contributed by atoms with Gasteiger partial charge in [-0.1, -0.05) is 6.92 Å². The van der Waals surface area contributed by atoms with Crippen LogP contribution in [0.25, 0.3) is 0 Å². The highest BCUT2D eigenvalue weighted by atomic mass is 16.6. The van der Waals surface area contributed by atoms with E-state index in [1.54, 1.807) is 0 Å². The minimum atomic E-state index is -0.661. The van der Waals surface area contributed by atoms with Crippen molar-refractivity contribution in [2.24, 2.45) is 0 Å². The predicted molar refractivity (Wildman–Crippen MR) is 83.9 cm³/mol. The van der Waals surface area contributed by atoms with Crippen molar-refractivity contribution in [2.45, 2.75) is 25.8 Å². The van der Waals surface area contributed by atoms with E-state index in [-0.39, 0.29) is 23.0 Å². The molecule has 1 saturated heterocycles. The second kappa shape index (κ2) is 7.28. The van der Waals surface area contributed by atoms with Crippen molar-refractivity contribution in [3.8, 4) is 11.5 Å². The number of hydrogen-bond donors (Lipinski definition) is 2. The van der Waals surface area contributed by atoms with E-state index in [1.165, 1.54) is 7.11 Å². The molecule has 1 heterocycles. The van der Waals surface area contributed by atoms with Gasteiger partial charge in [0.2, 0.25) is 0 Å². The summed E-state index contributed by atoms with van der Waals surface area (Å²) in [6.07, 6.45) is 2.10. The molecule has 126 valence electrons. The summed E-state index contributed by atoms with van der Waals surface area (Å²) in [7, 11) is 1.30. The first kappa shape index (κ1) is 17.0. The lowest BCUT2D eigenvalue weighted by molar-refractivity contribution is -0.385. The van der Waals surface area contributed by atoms with Gasteiger partial charge in [-0.05, 0) is 25.9 Å². The molecule has 1 atom stereocenters.